The van der Waals surface area contributed by atoms with E-state index in [0.29, 0.717) is 16.5 Å². The van der Waals surface area contributed by atoms with Crippen molar-refractivity contribution in [2.75, 3.05) is 5.75 Å². The van der Waals surface area contributed by atoms with Crippen LogP contribution in [-0.4, -0.2) is 34.7 Å². The zero-order chi connectivity index (χ0) is 19.4. The molecule has 1 aromatic heterocycles. The van der Waals surface area contributed by atoms with E-state index in [1.54, 1.807) is 54.1 Å². The minimum Gasteiger partial charge on any atom is -0.308 e. The Morgan fingerprint density at radius 2 is 1.70 bits per heavy atom. The molecule has 0 bridgehead atoms. The number of ketones is 1. The summed E-state index contributed by atoms with van der Waals surface area (Å²) in [6, 6.07) is 15.6. The number of carbonyl (C=O) groups excluding carboxylic acids is 1. The highest BCUT2D eigenvalue weighted by Crippen LogP contribution is 2.20. The maximum Gasteiger partial charge on any atom is 0.191 e. The standard InChI is InChI=1S/C19H19N3O3S2/c1-14-8-10-15(11-9-14)17(23)12-26-19-21-20-18(22(19)2)13-27(24,25)16-6-4-3-5-7-16/h3-11H,12-13H2,1-2H3. The topological polar surface area (TPSA) is 81.9 Å². The lowest BCUT2D eigenvalue weighted by molar-refractivity contribution is 0.102. The van der Waals surface area contributed by atoms with Crippen LogP contribution in [0, 0.1) is 6.92 Å². The van der Waals surface area contributed by atoms with E-state index in [1.165, 1.54) is 11.8 Å². The molecule has 0 atom stereocenters. The molecule has 0 spiro atoms. The predicted octanol–water partition coefficient (Wildman–Crippen LogP) is 3.07. The monoisotopic (exact) mass is 401 g/mol. The summed E-state index contributed by atoms with van der Waals surface area (Å²) in [6.07, 6.45) is 0. The van der Waals surface area contributed by atoms with Crippen LogP contribution in [0.25, 0.3) is 0 Å². The number of Topliss-reactive ketones (excluding diaryl/α,β-unsaturated/α-hetero) is 1. The molecule has 8 heteroatoms. The molecule has 0 aliphatic rings. The minimum absolute atomic E-state index is 0.0125. The van der Waals surface area contributed by atoms with Crippen molar-refractivity contribution in [2.45, 2.75) is 22.7 Å². The van der Waals surface area contributed by atoms with Crippen molar-refractivity contribution in [2.24, 2.45) is 7.05 Å². The van der Waals surface area contributed by atoms with Gasteiger partial charge in [-0.25, -0.2) is 8.42 Å². The summed E-state index contributed by atoms with van der Waals surface area (Å²) in [6.45, 7) is 1.97. The molecule has 6 nitrogen and oxygen atoms in total. The maximum absolute atomic E-state index is 12.5. The van der Waals surface area contributed by atoms with Gasteiger partial charge in [0, 0.05) is 12.6 Å². The van der Waals surface area contributed by atoms with E-state index < -0.39 is 9.84 Å². The Morgan fingerprint density at radius 1 is 1.04 bits per heavy atom. The predicted molar refractivity (Wildman–Crippen MR) is 105 cm³/mol. The van der Waals surface area contributed by atoms with Crippen LogP contribution in [0.15, 0.2) is 64.6 Å². The number of sulfone groups is 1. The summed E-state index contributed by atoms with van der Waals surface area (Å²) in [5, 5.41) is 8.53. The summed E-state index contributed by atoms with van der Waals surface area (Å²) in [7, 11) is -1.80. The second-order valence-electron chi connectivity index (χ2n) is 6.11. The van der Waals surface area contributed by atoms with Crippen LogP contribution < -0.4 is 0 Å². The average Bonchev–Trinajstić information content (AvgIpc) is 3.00. The Balaban J connectivity index is 1.68. The molecule has 3 aromatic rings. The normalized spacial score (nSPS) is 11.5. The first-order valence-electron chi connectivity index (χ1n) is 8.25. The second-order valence-corrected chi connectivity index (χ2v) is 9.04. The van der Waals surface area contributed by atoms with Crippen molar-refractivity contribution in [3.63, 3.8) is 0 Å². The molecule has 1 heterocycles. The third-order valence-electron chi connectivity index (χ3n) is 4.05. The summed E-state index contributed by atoms with van der Waals surface area (Å²) < 4.78 is 26.6. The fraction of sp³-hybridized carbons (Fsp3) is 0.211. The molecule has 27 heavy (non-hydrogen) atoms. The molecule has 0 N–H and O–H groups in total. The summed E-state index contributed by atoms with van der Waals surface area (Å²) in [5.41, 5.74) is 1.74. The van der Waals surface area contributed by atoms with Crippen molar-refractivity contribution < 1.29 is 13.2 Å². The van der Waals surface area contributed by atoms with E-state index in [0.717, 1.165) is 5.56 Å². The minimum atomic E-state index is -3.50. The molecular weight excluding hydrogens is 382 g/mol. The molecule has 0 unspecified atom stereocenters. The van der Waals surface area contributed by atoms with E-state index in [4.69, 9.17) is 0 Å². The molecule has 0 aliphatic carbocycles. The van der Waals surface area contributed by atoms with Crippen LogP contribution >= 0.6 is 11.8 Å². The molecule has 2 aromatic carbocycles. The largest absolute Gasteiger partial charge is 0.308 e. The van der Waals surface area contributed by atoms with Gasteiger partial charge in [-0.1, -0.05) is 59.8 Å². The summed E-state index contributed by atoms with van der Waals surface area (Å²) in [5.74, 6) is 0.290. The maximum atomic E-state index is 12.5. The number of benzene rings is 2. The molecule has 0 fully saturated rings. The Bertz CT molecular complexity index is 1040. The van der Waals surface area contributed by atoms with E-state index >= 15 is 0 Å². The van der Waals surface area contributed by atoms with Crippen molar-refractivity contribution >= 4 is 27.4 Å². The van der Waals surface area contributed by atoms with E-state index in [-0.39, 0.29) is 22.2 Å². The first kappa shape index (κ1) is 19.3. The highest BCUT2D eigenvalue weighted by molar-refractivity contribution is 7.99. The Kier molecular flexibility index (Phi) is 5.76. The van der Waals surface area contributed by atoms with Crippen LogP contribution in [0.5, 0.6) is 0 Å². The molecule has 0 saturated heterocycles. The summed E-state index contributed by atoms with van der Waals surface area (Å²) in [4.78, 5) is 12.5. The number of carbonyl (C=O) groups is 1. The lowest BCUT2D eigenvalue weighted by Gasteiger charge is -2.05. The van der Waals surface area contributed by atoms with Gasteiger partial charge in [0.05, 0.1) is 10.6 Å². The third-order valence-corrected chi connectivity index (χ3v) is 6.70. The number of hydrogen-bond acceptors (Lipinski definition) is 6. The molecule has 140 valence electrons. The van der Waals surface area contributed by atoms with Gasteiger partial charge < -0.3 is 4.57 Å². The zero-order valence-electron chi connectivity index (χ0n) is 15.0. The van der Waals surface area contributed by atoms with Gasteiger partial charge >= 0.3 is 0 Å². The van der Waals surface area contributed by atoms with Crippen molar-refractivity contribution in [1.29, 1.82) is 0 Å². The van der Waals surface area contributed by atoms with Gasteiger partial charge in [0.25, 0.3) is 0 Å². The highest BCUT2D eigenvalue weighted by Gasteiger charge is 2.20. The average molecular weight is 402 g/mol. The van der Waals surface area contributed by atoms with E-state index in [2.05, 4.69) is 10.2 Å². The van der Waals surface area contributed by atoms with E-state index in [9.17, 15) is 13.2 Å². The van der Waals surface area contributed by atoms with Gasteiger partial charge in [-0.15, -0.1) is 10.2 Å². The Morgan fingerprint density at radius 3 is 2.37 bits per heavy atom. The first-order chi connectivity index (χ1) is 12.9. The van der Waals surface area contributed by atoms with Crippen molar-refractivity contribution in [1.82, 2.24) is 14.8 Å². The number of aryl methyl sites for hydroxylation is 1. The van der Waals surface area contributed by atoms with Gasteiger partial charge in [0.15, 0.2) is 20.8 Å². The second kappa shape index (κ2) is 8.06. The Hall–Kier alpha value is -2.45. The van der Waals surface area contributed by atoms with Crippen LogP contribution in [0.1, 0.15) is 21.7 Å². The van der Waals surface area contributed by atoms with Crippen LogP contribution in [0.2, 0.25) is 0 Å². The van der Waals surface area contributed by atoms with Crippen molar-refractivity contribution in [3.05, 3.63) is 71.5 Å². The number of nitrogens with zero attached hydrogens (tertiary/aromatic N) is 3. The quantitative estimate of drug-likeness (QED) is 0.447. The van der Waals surface area contributed by atoms with Gasteiger partial charge in [0.1, 0.15) is 11.6 Å². The van der Waals surface area contributed by atoms with E-state index in [1.807, 2.05) is 19.1 Å². The lowest BCUT2D eigenvalue weighted by Crippen LogP contribution is -2.10. The van der Waals surface area contributed by atoms with Gasteiger partial charge in [0.2, 0.25) is 0 Å². The number of hydrogen-bond donors (Lipinski definition) is 0. The fourth-order valence-corrected chi connectivity index (χ4v) is 4.58. The number of aromatic nitrogens is 3. The molecule has 0 amide bonds. The Labute approximate surface area is 162 Å². The zero-order valence-corrected chi connectivity index (χ0v) is 16.6. The lowest BCUT2D eigenvalue weighted by atomic mass is 10.1. The smallest absolute Gasteiger partial charge is 0.191 e. The molecular formula is C19H19N3O3S2. The van der Waals surface area contributed by atoms with Crippen LogP contribution in [0.4, 0.5) is 0 Å². The van der Waals surface area contributed by atoms with Gasteiger partial charge in [-0.3, -0.25) is 4.79 Å². The van der Waals surface area contributed by atoms with Crippen LogP contribution in [-0.2, 0) is 22.6 Å². The molecule has 0 radical (unpaired) electrons. The first-order valence-corrected chi connectivity index (χ1v) is 10.9. The number of thioether (sulfide) groups is 1. The SMILES string of the molecule is Cc1ccc(C(=O)CSc2nnc(CS(=O)(=O)c3ccccc3)n2C)cc1. The van der Waals surface area contributed by atoms with Gasteiger partial charge in [-0.05, 0) is 19.1 Å². The molecule has 0 saturated carbocycles. The van der Waals surface area contributed by atoms with Crippen molar-refractivity contribution in [3.8, 4) is 0 Å². The fourth-order valence-electron chi connectivity index (χ4n) is 2.43. The molecule has 3 rings (SSSR count). The highest BCUT2D eigenvalue weighted by atomic mass is 32.2. The van der Waals surface area contributed by atoms with Gasteiger partial charge in [-0.2, -0.15) is 0 Å². The van der Waals surface area contributed by atoms with Crippen LogP contribution in [0.3, 0.4) is 0 Å². The third kappa shape index (κ3) is 4.64. The molecule has 0 aliphatic heterocycles. The summed E-state index contributed by atoms with van der Waals surface area (Å²) >= 11 is 1.24. The number of rotatable bonds is 7.